The van der Waals surface area contributed by atoms with Gasteiger partial charge in [-0.25, -0.2) is 4.79 Å². The summed E-state index contributed by atoms with van der Waals surface area (Å²) in [6.07, 6.45) is 0.946. The zero-order valence-electron chi connectivity index (χ0n) is 25.0. The summed E-state index contributed by atoms with van der Waals surface area (Å²) in [5, 5.41) is 6.06. The molecule has 7 nitrogen and oxygen atoms in total. The van der Waals surface area contributed by atoms with E-state index in [1.54, 1.807) is 36.4 Å². The van der Waals surface area contributed by atoms with E-state index in [1.807, 2.05) is 81.2 Å². The predicted molar refractivity (Wildman–Crippen MR) is 163 cm³/mol. The first kappa shape index (κ1) is 31.6. The minimum absolute atomic E-state index is 0.181. The van der Waals surface area contributed by atoms with Crippen LogP contribution < -0.4 is 15.4 Å². The van der Waals surface area contributed by atoms with Crippen LogP contribution in [-0.4, -0.2) is 47.4 Å². The highest BCUT2D eigenvalue weighted by Gasteiger charge is 2.30. The Labute approximate surface area is 244 Å². The van der Waals surface area contributed by atoms with Crippen molar-refractivity contribution in [3.63, 3.8) is 0 Å². The summed E-state index contributed by atoms with van der Waals surface area (Å²) in [6.45, 7) is 10.5. The molecule has 0 heterocycles. The highest BCUT2D eigenvalue weighted by molar-refractivity contribution is 5.91. The van der Waals surface area contributed by atoms with E-state index in [0.29, 0.717) is 24.3 Å². The van der Waals surface area contributed by atoms with Crippen molar-refractivity contribution in [3.05, 3.63) is 102 Å². The van der Waals surface area contributed by atoms with E-state index in [2.05, 4.69) is 24.5 Å². The van der Waals surface area contributed by atoms with Gasteiger partial charge in [0.15, 0.2) is 0 Å². The maximum absolute atomic E-state index is 13.7. The SMILES string of the molecule is CC(C)C[C@@H](C(=O)N[C@@H](Cc1ccc(OC(=O)c2ccccc2)cc1)C(=O)NC(C)(C)C)N(C)Cc1ccccc1. The summed E-state index contributed by atoms with van der Waals surface area (Å²) in [4.78, 5) is 41.5. The summed E-state index contributed by atoms with van der Waals surface area (Å²) in [7, 11) is 1.94. The van der Waals surface area contributed by atoms with Gasteiger partial charge in [-0.3, -0.25) is 14.5 Å². The molecule has 0 bridgehead atoms. The van der Waals surface area contributed by atoms with Crippen molar-refractivity contribution in [2.75, 3.05) is 7.05 Å². The van der Waals surface area contributed by atoms with Gasteiger partial charge in [-0.2, -0.15) is 0 Å². The first-order valence-electron chi connectivity index (χ1n) is 14.1. The van der Waals surface area contributed by atoms with Crippen molar-refractivity contribution in [1.82, 2.24) is 15.5 Å². The van der Waals surface area contributed by atoms with Crippen LogP contribution in [0, 0.1) is 5.92 Å². The summed E-state index contributed by atoms with van der Waals surface area (Å²) in [5.41, 5.74) is 1.95. The van der Waals surface area contributed by atoms with E-state index in [-0.39, 0.29) is 24.2 Å². The van der Waals surface area contributed by atoms with Crippen LogP contribution in [0.5, 0.6) is 5.75 Å². The van der Waals surface area contributed by atoms with Crippen LogP contribution in [-0.2, 0) is 22.6 Å². The molecule has 0 aliphatic rings. The molecule has 0 saturated carbocycles. The lowest BCUT2D eigenvalue weighted by Crippen LogP contribution is -2.56. The van der Waals surface area contributed by atoms with E-state index in [9.17, 15) is 14.4 Å². The Hall–Kier alpha value is -3.97. The molecule has 3 aromatic rings. The number of amides is 2. The molecule has 0 unspecified atom stereocenters. The van der Waals surface area contributed by atoms with Crippen LogP contribution >= 0.6 is 0 Å². The Bertz CT molecular complexity index is 1270. The van der Waals surface area contributed by atoms with Gasteiger partial charge >= 0.3 is 5.97 Å². The van der Waals surface area contributed by atoms with E-state index >= 15 is 0 Å². The van der Waals surface area contributed by atoms with Crippen LogP contribution in [0.1, 0.15) is 62.5 Å². The van der Waals surface area contributed by atoms with E-state index in [4.69, 9.17) is 4.74 Å². The molecule has 2 amide bonds. The number of nitrogens with one attached hydrogen (secondary N) is 2. The Balaban J connectivity index is 1.75. The summed E-state index contributed by atoms with van der Waals surface area (Å²) >= 11 is 0. The number of ether oxygens (including phenoxy) is 1. The molecule has 0 spiro atoms. The highest BCUT2D eigenvalue weighted by atomic mass is 16.5. The minimum atomic E-state index is -0.778. The molecule has 0 fully saturated rings. The van der Waals surface area contributed by atoms with Crippen molar-refractivity contribution in [1.29, 1.82) is 0 Å². The first-order chi connectivity index (χ1) is 19.4. The molecular weight excluding hydrogens is 514 g/mol. The number of carbonyl (C=O) groups excluding carboxylic acids is 3. The minimum Gasteiger partial charge on any atom is -0.423 e. The van der Waals surface area contributed by atoms with Gasteiger partial charge in [0.2, 0.25) is 11.8 Å². The molecule has 3 rings (SSSR count). The number of esters is 1. The Morgan fingerprint density at radius 2 is 1.39 bits per heavy atom. The third-order valence-corrected chi connectivity index (χ3v) is 6.52. The van der Waals surface area contributed by atoms with E-state index in [0.717, 1.165) is 11.1 Å². The molecule has 41 heavy (non-hydrogen) atoms. The van der Waals surface area contributed by atoms with Gasteiger partial charge in [-0.15, -0.1) is 0 Å². The number of likely N-dealkylation sites (N-methyl/N-ethyl adjacent to an activating group) is 1. The lowest BCUT2D eigenvalue weighted by atomic mass is 9.99. The van der Waals surface area contributed by atoms with E-state index in [1.165, 1.54) is 0 Å². The molecular formula is C34H43N3O4. The van der Waals surface area contributed by atoms with Crippen LogP contribution in [0.25, 0.3) is 0 Å². The fraction of sp³-hybridized carbons (Fsp3) is 0.382. The van der Waals surface area contributed by atoms with Crippen molar-refractivity contribution in [3.8, 4) is 5.75 Å². The molecule has 7 heteroatoms. The molecule has 0 aliphatic carbocycles. The zero-order valence-corrected chi connectivity index (χ0v) is 25.0. The van der Waals surface area contributed by atoms with Gasteiger partial charge in [-0.1, -0.05) is 74.5 Å². The molecule has 0 saturated heterocycles. The first-order valence-corrected chi connectivity index (χ1v) is 14.1. The molecule has 218 valence electrons. The fourth-order valence-corrected chi connectivity index (χ4v) is 4.52. The van der Waals surface area contributed by atoms with Crippen molar-refractivity contribution in [2.45, 2.75) is 71.6 Å². The average molecular weight is 558 g/mol. The number of hydrogen-bond donors (Lipinski definition) is 2. The number of carbonyl (C=O) groups is 3. The zero-order chi connectivity index (χ0) is 30.0. The topological polar surface area (TPSA) is 87.7 Å². The van der Waals surface area contributed by atoms with Crippen molar-refractivity contribution in [2.24, 2.45) is 5.92 Å². The Kier molecular flexibility index (Phi) is 11.2. The number of nitrogens with zero attached hydrogens (tertiary/aromatic N) is 1. The second-order valence-electron chi connectivity index (χ2n) is 12.0. The van der Waals surface area contributed by atoms with Gasteiger partial charge < -0.3 is 15.4 Å². The lowest BCUT2D eigenvalue weighted by molar-refractivity contribution is -0.132. The molecule has 0 aromatic heterocycles. The summed E-state index contributed by atoms with van der Waals surface area (Å²) in [5.74, 6) is -0.179. The average Bonchev–Trinajstić information content (AvgIpc) is 2.92. The van der Waals surface area contributed by atoms with Gasteiger partial charge in [0.1, 0.15) is 11.8 Å². The van der Waals surface area contributed by atoms with Crippen LogP contribution in [0.3, 0.4) is 0 Å². The Morgan fingerprint density at radius 3 is 1.95 bits per heavy atom. The van der Waals surface area contributed by atoms with Gasteiger partial charge in [0.05, 0.1) is 11.6 Å². The quantitative estimate of drug-likeness (QED) is 0.230. The maximum Gasteiger partial charge on any atom is 0.343 e. The normalized spacial score (nSPS) is 13.0. The van der Waals surface area contributed by atoms with Crippen molar-refractivity contribution >= 4 is 17.8 Å². The van der Waals surface area contributed by atoms with Crippen LogP contribution in [0.15, 0.2) is 84.9 Å². The van der Waals surface area contributed by atoms with Gasteiger partial charge in [0.25, 0.3) is 0 Å². The molecule has 2 atom stereocenters. The van der Waals surface area contributed by atoms with E-state index < -0.39 is 23.6 Å². The number of benzene rings is 3. The number of hydrogen-bond acceptors (Lipinski definition) is 5. The standard InChI is InChI=1S/C34H43N3O4/c1-24(2)21-30(37(6)23-26-13-9-7-10-14-26)32(39)35-29(31(38)36-34(3,4)5)22-25-17-19-28(20-18-25)41-33(40)27-15-11-8-12-16-27/h7-20,24,29-30H,21-23H2,1-6H3,(H,35,39)(H,36,38)/t29-,30-/m0/s1. The molecule has 2 N–H and O–H groups in total. The summed E-state index contributed by atoms with van der Waals surface area (Å²) in [6, 6.07) is 24.7. The number of rotatable bonds is 12. The predicted octanol–water partition coefficient (Wildman–Crippen LogP) is 5.39. The fourth-order valence-electron chi connectivity index (χ4n) is 4.52. The van der Waals surface area contributed by atoms with Gasteiger partial charge in [0, 0.05) is 18.5 Å². The largest absolute Gasteiger partial charge is 0.423 e. The third-order valence-electron chi connectivity index (χ3n) is 6.52. The third kappa shape index (κ3) is 10.5. The van der Waals surface area contributed by atoms with Crippen LogP contribution in [0.2, 0.25) is 0 Å². The second-order valence-corrected chi connectivity index (χ2v) is 12.0. The molecule has 0 radical (unpaired) electrons. The second kappa shape index (κ2) is 14.6. The van der Waals surface area contributed by atoms with Crippen LogP contribution in [0.4, 0.5) is 0 Å². The Morgan fingerprint density at radius 1 is 0.805 bits per heavy atom. The highest BCUT2D eigenvalue weighted by Crippen LogP contribution is 2.18. The van der Waals surface area contributed by atoms with Crippen molar-refractivity contribution < 1.29 is 19.1 Å². The monoisotopic (exact) mass is 557 g/mol. The summed E-state index contributed by atoms with van der Waals surface area (Å²) < 4.78 is 5.49. The smallest absolute Gasteiger partial charge is 0.343 e. The maximum atomic E-state index is 13.7. The van der Waals surface area contributed by atoms with Gasteiger partial charge in [-0.05, 0) is 75.5 Å². The molecule has 0 aliphatic heterocycles. The lowest BCUT2D eigenvalue weighted by Gasteiger charge is -2.31. The molecule has 3 aromatic carbocycles.